The maximum atomic E-state index is 13.1. The van der Waals surface area contributed by atoms with E-state index in [-0.39, 0.29) is 5.82 Å². The molecular weight excluding hydrogens is 271 g/mol. The first-order chi connectivity index (χ1) is 9.81. The Kier molecular flexibility index (Phi) is 4.97. The van der Waals surface area contributed by atoms with E-state index in [1.54, 1.807) is 12.1 Å². The second-order valence-corrected chi connectivity index (χ2v) is 7.11. The van der Waals surface area contributed by atoms with Gasteiger partial charge >= 0.3 is 0 Å². The van der Waals surface area contributed by atoms with Crippen LogP contribution in [0.15, 0.2) is 24.3 Å². The number of benzene rings is 1. The molecule has 0 amide bonds. The molecule has 1 N–H and O–H groups in total. The first-order valence-electron chi connectivity index (χ1n) is 7.62. The SMILES string of the molecule is Fc1cccc(CSC2CCN(C3CCNC3)CC2)c1. The van der Waals surface area contributed by atoms with Gasteiger partial charge < -0.3 is 5.32 Å². The van der Waals surface area contributed by atoms with Gasteiger partial charge in [0.15, 0.2) is 0 Å². The molecule has 1 atom stereocenters. The normalized spacial score (nSPS) is 25.1. The van der Waals surface area contributed by atoms with Gasteiger partial charge in [-0.2, -0.15) is 11.8 Å². The molecule has 0 bridgehead atoms. The molecule has 0 spiro atoms. The van der Waals surface area contributed by atoms with Crippen LogP contribution >= 0.6 is 11.8 Å². The van der Waals surface area contributed by atoms with Crippen molar-refractivity contribution in [2.45, 2.75) is 36.3 Å². The maximum Gasteiger partial charge on any atom is 0.123 e. The van der Waals surface area contributed by atoms with Crippen molar-refractivity contribution in [2.24, 2.45) is 0 Å². The first-order valence-corrected chi connectivity index (χ1v) is 8.67. The van der Waals surface area contributed by atoms with Crippen LogP contribution in [0.2, 0.25) is 0 Å². The molecule has 0 radical (unpaired) electrons. The lowest BCUT2D eigenvalue weighted by Crippen LogP contribution is -2.43. The average molecular weight is 294 g/mol. The molecule has 3 rings (SSSR count). The van der Waals surface area contributed by atoms with Crippen LogP contribution in [0.25, 0.3) is 0 Å². The van der Waals surface area contributed by atoms with Crippen molar-refractivity contribution in [1.29, 1.82) is 0 Å². The highest BCUT2D eigenvalue weighted by molar-refractivity contribution is 7.99. The van der Waals surface area contributed by atoms with Crippen LogP contribution in [0, 0.1) is 5.82 Å². The fourth-order valence-electron chi connectivity index (χ4n) is 3.20. The summed E-state index contributed by atoms with van der Waals surface area (Å²) in [6, 6.07) is 7.77. The van der Waals surface area contributed by atoms with Crippen LogP contribution < -0.4 is 5.32 Å². The molecule has 1 unspecified atom stereocenters. The standard InChI is InChI=1S/C16H23FN2S/c17-14-3-1-2-13(10-14)12-20-16-5-8-19(9-6-16)15-4-7-18-11-15/h1-3,10,15-16,18H,4-9,11-12H2. The zero-order valence-electron chi connectivity index (χ0n) is 11.9. The number of piperidine rings is 1. The zero-order chi connectivity index (χ0) is 13.8. The number of nitrogens with one attached hydrogen (secondary N) is 1. The third-order valence-electron chi connectivity index (χ3n) is 4.40. The lowest BCUT2D eigenvalue weighted by atomic mass is 10.1. The predicted molar refractivity (Wildman–Crippen MR) is 83.6 cm³/mol. The molecule has 1 aromatic carbocycles. The summed E-state index contributed by atoms with van der Waals surface area (Å²) in [4.78, 5) is 2.65. The smallest absolute Gasteiger partial charge is 0.123 e. The number of likely N-dealkylation sites (tertiary alicyclic amines) is 1. The Morgan fingerprint density at radius 1 is 1.25 bits per heavy atom. The van der Waals surface area contributed by atoms with E-state index in [9.17, 15) is 4.39 Å². The van der Waals surface area contributed by atoms with Crippen LogP contribution in [0.5, 0.6) is 0 Å². The third-order valence-corrected chi connectivity index (χ3v) is 5.84. The van der Waals surface area contributed by atoms with Gasteiger partial charge in [-0.05, 0) is 56.6 Å². The summed E-state index contributed by atoms with van der Waals surface area (Å²) in [5, 5.41) is 4.19. The molecule has 0 aromatic heterocycles. The van der Waals surface area contributed by atoms with Gasteiger partial charge in [0.05, 0.1) is 0 Å². The summed E-state index contributed by atoms with van der Waals surface area (Å²) in [6.45, 7) is 4.81. The van der Waals surface area contributed by atoms with Gasteiger partial charge in [0.2, 0.25) is 0 Å². The summed E-state index contributed by atoms with van der Waals surface area (Å²) >= 11 is 1.99. The fraction of sp³-hybridized carbons (Fsp3) is 0.625. The van der Waals surface area contributed by atoms with Crippen LogP contribution in [-0.2, 0) is 5.75 Å². The number of thioether (sulfide) groups is 1. The Morgan fingerprint density at radius 3 is 2.80 bits per heavy atom. The highest BCUT2D eigenvalue weighted by Crippen LogP contribution is 2.28. The minimum atomic E-state index is -0.119. The Bertz CT molecular complexity index is 426. The second-order valence-electron chi connectivity index (χ2n) is 5.82. The summed E-state index contributed by atoms with van der Waals surface area (Å²) in [5.74, 6) is 0.819. The number of hydrogen-bond donors (Lipinski definition) is 1. The Morgan fingerprint density at radius 2 is 2.10 bits per heavy atom. The van der Waals surface area contributed by atoms with Gasteiger partial charge in [-0.25, -0.2) is 4.39 Å². The van der Waals surface area contributed by atoms with E-state index >= 15 is 0 Å². The molecule has 2 fully saturated rings. The minimum absolute atomic E-state index is 0.119. The molecule has 2 heterocycles. The minimum Gasteiger partial charge on any atom is -0.315 e. The lowest BCUT2D eigenvalue weighted by molar-refractivity contribution is 0.176. The number of rotatable bonds is 4. The zero-order valence-corrected chi connectivity index (χ0v) is 12.7. The fourth-order valence-corrected chi connectivity index (χ4v) is 4.35. The second kappa shape index (κ2) is 6.92. The molecule has 2 nitrogen and oxygen atoms in total. The summed E-state index contributed by atoms with van der Waals surface area (Å²) in [5.41, 5.74) is 1.11. The molecule has 1 aromatic rings. The maximum absolute atomic E-state index is 13.1. The van der Waals surface area contributed by atoms with Crippen LogP contribution in [-0.4, -0.2) is 42.4 Å². The Hall–Kier alpha value is -0.580. The summed E-state index contributed by atoms with van der Waals surface area (Å²) in [6.07, 6.45) is 3.86. The molecule has 4 heteroatoms. The number of nitrogens with zero attached hydrogens (tertiary/aromatic N) is 1. The van der Waals surface area contributed by atoms with Crippen LogP contribution in [0.3, 0.4) is 0 Å². The van der Waals surface area contributed by atoms with E-state index in [2.05, 4.69) is 10.2 Å². The number of hydrogen-bond acceptors (Lipinski definition) is 3. The molecular formula is C16H23FN2S. The van der Waals surface area contributed by atoms with E-state index in [1.807, 2.05) is 17.8 Å². The van der Waals surface area contributed by atoms with Gasteiger partial charge in [-0.3, -0.25) is 4.90 Å². The van der Waals surface area contributed by atoms with Crippen LogP contribution in [0.1, 0.15) is 24.8 Å². The highest BCUT2D eigenvalue weighted by atomic mass is 32.2. The number of halogens is 1. The van der Waals surface area contributed by atoms with Gasteiger partial charge in [0.25, 0.3) is 0 Å². The molecule has 0 aliphatic carbocycles. The first kappa shape index (κ1) is 14.4. The molecule has 20 heavy (non-hydrogen) atoms. The van der Waals surface area contributed by atoms with E-state index in [1.165, 1.54) is 51.5 Å². The van der Waals surface area contributed by atoms with E-state index in [0.717, 1.165) is 22.6 Å². The van der Waals surface area contributed by atoms with E-state index in [4.69, 9.17) is 0 Å². The van der Waals surface area contributed by atoms with Crippen molar-refractivity contribution in [3.8, 4) is 0 Å². The van der Waals surface area contributed by atoms with Gasteiger partial charge in [0, 0.05) is 23.6 Å². The monoisotopic (exact) mass is 294 g/mol. The van der Waals surface area contributed by atoms with Crippen molar-refractivity contribution in [1.82, 2.24) is 10.2 Å². The van der Waals surface area contributed by atoms with Crippen LogP contribution in [0.4, 0.5) is 4.39 Å². The molecule has 110 valence electrons. The van der Waals surface area contributed by atoms with Crippen molar-refractivity contribution >= 4 is 11.8 Å². The average Bonchev–Trinajstić information content (AvgIpc) is 3.00. The molecule has 2 aliphatic heterocycles. The highest BCUT2D eigenvalue weighted by Gasteiger charge is 2.26. The van der Waals surface area contributed by atoms with Crippen molar-refractivity contribution in [3.63, 3.8) is 0 Å². The topological polar surface area (TPSA) is 15.3 Å². The Labute approximate surface area is 125 Å². The predicted octanol–water partition coefficient (Wildman–Crippen LogP) is 2.89. The van der Waals surface area contributed by atoms with E-state index in [0.29, 0.717) is 0 Å². The van der Waals surface area contributed by atoms with Crippen molar-refractivity contribution < 1.29 is 4.39 Å². The quantitative estimate of drug-likeness (QED) is 0.919. The van der Waals surface area contributed by atoms with Gasteiger partial charge in [-0.15, -0.1) is 0 Å². The summed E-state index contributed by atoms with van der Waals surface area (Å²) < 4.78 is 13.1. The van der Waals surface area contributed by atoms with Gasteiger partial charge in [0.1, 0.15) is 5.82 Å². The third kappa shape index (κ3) is 3.74. The largest absolute Gasteiger partial charge is 0.315 e. The lowest BCUT2D eigenvalue weighted by Gasteiger charge is -2.35. The molecule has 0 saturated carbocycles. The van der Waals surface area contributed by atoms with Crippen molar-refractivity contribution in [3.05, 3.63) is 35.6 Å². The molecule has 2 saturated heterocycles. The Balaban J connectivity index is 1.42. The molecule has 2 aliphatic rings. The van der Waals surface area contributed by atoms with E-state index < -0.39 is 0 Å². The van der Waals surface area contributed by atoms with Gasteiger partial charge in [-0.1, -0.05) is 12.1 Å². The van der Waals surface area contributed by atoms with Crippen molar-refractivity contribution in [2.75, 3.05) is 26.2 Å². The summed E-state index contributed by atoms with van der Waals surface area (Å²) in [7, 11) is 0.